The molecule has 2 aromatic rings. The molecule has 0 saturated carbocycles. The Hall–Kier alpha value is -2.64. The monoisotopic (exact) mass is 401 g/mol. The number of para-hydroxylation sites is 1. The first kappa shape index (κ1) is 19.1. The number of methoxy groups -OCH3 is 1. The van der Waals surface area contributed by atoms with Gasteiger partial charge in [0.1, 0.15) is 12.4 Å². The summed E-state index contributed by atoms with van der Waals surface area (Å²) in [5, 5.41) is 0. The van der Waals surface area contributed by atoms with E-state index in [1.807, 2.05) is 0 Å². The van der Waals surface area contributed by atoms with Gasteiger partial charge in [-0.15, -0.1) is 0 Å². The highest BCUT2D eigenvalue weighted by molar-refractivity contribution is 8.27. The summed E-state index contributed by atoms with van der Waals surface area (Å²) in [7, 11) is 1.54. The minimum absolute atomic E-state index is 0.147. The Morgan fingerprint density at radius 1 is 1.26 bits per heavy atom. The Morgan fingerprint density at radius 3 is 2.74 bits per heavy atom. The standard InChI is InChI=1S/C20H16FNO3S2/c1-3-10-25-16-9-8-13(11-17(16)24-2)12-18-19(23)22(20(26)27-18)15-7-5-4-6-14(15)21/h3-9,11-12H,1,10H2,2H3/b18-12+. The van der Waals surface area contributed by atoms with Crippen LogP contribution < -0.4 is 14.4 Å². The van der Waals surface area contributed by atoms with Crippen LogP contribution in [0, 0.1) is 5.82 Å². The van der Waals surface area contributed by atoms with Gasteiger partial charge in [-0.1, -0.05) is 54.8 Å². The van der Waals surface area contributed by atoms with E-state index in [0.717, 1.165) is 17.3 Å². The Labute approximate surface area is 166 Å². The van der Waals surface area contributed by atoms with Gasteiger partial charge in [0, 0.05) is 0 Å². The van der Waals surface area contributed by atoms with Gasteiger partial charge in [0.2, 0.25) is 0 Å². The largest absolute Gasteiger partial charge is 0.493 e. The topological polar surface area (TPSA) is 38.8 Å². The molecular weight excluding hydrogens is 385 g/mol. The number of carbonyl (C=O) groups excluding carboxylic acids is 1. The molecule has 2 aromatic carbocycles. The predicted octanol–water partition coefficient (Wildman–Crippen LogP) is 4.80. The third kappa shape index (κ3) is 4.04. The number of amides is 1. The summed E-state index contributed by atoms with van der Waals surface area (Å²) in [5.74, 6) is 0.255. The molecule has 0 spiro atoms. The minimum atomic E-state index is -0.500. The molecular formula is C20H16FNO3S2. The lowest BCUT2D eigenvalue weighted by molar-refractivity contribution is -0.113. The van der Waals surface area contributed by atoms with Crippen LogP contribution in [0.4, 0.5) is 10.1 Å². The number of ether oxygens (including phenoxy) is 2. The second-order valence-electron chi connectivity index (χ2n) is 5.48. The number of halogens is 1. The average Bonchev–Trinajstić information content (AvgIpc) is 2.94. The number of benzene rings is 2. The van der Waals surface area contributed by atoms with Gasteiger partial charge in [-0.2, -0.15) is 0 Å². The molecule has 0 unspecified atom stereocenters. The molecule has 1 aliphatic rings. The van der Waals surface area contributed by atoms with Crippen LogP contribution >= 0.6 is 24.0 Å². The normalized spacial score (nSPS) is 15.3. The van der Waals surface area contributed by atoms with Gasteiger partial charge in [0.15, 0.2) is 15.8 Å². The van der Waals surface area contributed by atoms with E-state index in [2.05, 4.69) is 6.58 Å². The number of rotatable bonds is 6. The molecule has 0 aliphatic carbocycles. The first-order valence-corrected chi connectivity index (χ1v) is 9.22. The van der Waals surface area contributed by atoms with Crippen LogP contribution in [0.3, 0.4) is 0 Å². The summed E-state index contributed by atoms with van der Waals surface area (Å²) >= 11 is 6.40. The molecule has 0 atom stereocenters. The number of anilines is 1. The Kier molecular flexibility index (Phi) is 5.93. The molecule has 138 valence electrons. The van der Waals surface area contributed by atoms with Crippen molar-refractivity contribution in [2.45, 2.75) is 0 Å². The zero-order valence-corrected chi connectivity index (χ0v) is 16.1. The van der Waals surface area contributed by atoms with E-state index in [1.54, 1.807) is 42.5 Å². The Bertz CT molecular complexity index is 943. The average molecular weight is 401 g/mol. The number of hydrogen-bond acceptors (Lipinski definition) is 5. The lowest BCUT2D eigenvalue weighted by Gasteiger charge is -2.14. The van der Waals surface area contributed by atoms with Gasteiger partial charge in [-0.3, -0.25) is 9.69 Å². The van der Waals surface area contributed by atoms with E-state index < -0.39 is 5.82 Å². The van der Waals surface area contributed by atoms with E-state index >= 15 is 0 Å². The quantitative estimate of drug-likeness (QED) is 0.395. The lowest BCUT2D eigenvalue weighted by atomic mass is 10.1. The number of thiocarbonyl (C=S) groups is 1. The molecule has 7 heteroatoms. The van der Waals surface area contributed by atoms with E-state index in [0.29, 0.717) is 23.0 Å². The molecule has 1 fully saturated rings. The van der Waals surface area contributed by atoms with Crippen molar-refractivity contribution in [3.05, 3.63) is 71.4 Å². The molecule has 3 rings (SSSR count). The maximum atomic E-state index is 14.1. The number of nitrogens with zero attached hydrogens (tertiary/aromatic N) is 1. The summed E-state index contributed by atoms with van der Waals surface area (Å²) in [5.41, 5.74) is 0.890. The van der Waals surface area contributed by atoms with Crippen molar-refractivity contribution in [1.29, 1.82) is 0 Å². The van der Waals surface area contributed by atoms with Gasteiger partial charge >= 0.3 is 0 Å². The molecule has 0 aromatic heterocycles. The molecule has 1 amide bonds. The maximum absolute atomic E-state index is 14.1. The number of hydrogen-bond donors (Lipinski definition) is 0. The summed E-state index contributed by atoms with van der Waals surface area (Å²) in [6.07, 6.45) is 3.33. The smallest absolute Gasteiger partial charge is 0.270 e. The van der Waals surface area contributed by atoms with Crippen molar-refractivity contribution in [3.8, 4) is 11.5 Å². The number of thioether (sulfide) groups is 1. The SMILES string of the molecule is C=CCOc1ccc(/C=C2/SC(=S)N(c3ccccc3F)C2=O)cc1OC. The second kappa shape index (κ2) is 8.37. The van der Waals surface area contributed by atoms with E-state index in [4.69, 9.17) is 21.7 Å². The Balaban J connectivity index is 1.90. The first-order chi connectivity index (χ1) is 13.0. The van der Waals surface area contributed by atoms with Crippen molar-refractivity contribution >= 4 is 46.0 Å². The molecule has 27 heavy (non-hydrogen) atoms. The van der Waals surface area contributed by atoms with Gasteiger partial charge in [0.05, 0.1) is 17.7 Å². The van der Waals surface area contributed by atoms with Crippen LogP contribution in [-0.2, 0) is 4.79 Å². The van der Waals surface area contributed by atoms with Crippen molar-refractivity contribution in [1.82, 2.24) is 0 Å². The molecule has 0 radical (unpaired) electrons. The van der Waals surface area contributed by atoms with E-state index in [9.17, 15) is 9.18 Å². The van der Waals surface area contributed by atoms with Crippen LogP contribution in [0.25, 0.3) is 6.08 Å². The van der Waals surface area contributed by atoms with Crippen LogP contribution in [0.15, 0.2) is 60.0 Å². The fourth-order valence-electron chi connectivity index (χ4n) is 2.50. The first-order valence-electron chi connectivity index (χ1n) is 7.99. The van der Waals surface area contributed by atoms with Crippen LogP contribution in [0.1, 0.15) is 5.56 Å². The molecule has 1 aliphatic heterocycles. The molecule has 0 bridgehead atoms. The highest BCUT2D eigenvalue weighted by Gasteiger charge is 2.34. The fraction of sp³-hybridized carbons (Fsp3) is 0.100. The highest BCUT2D eigenvalue weighted by atomic mass is 32.2. The molecule has 1 heterocycles. The fourth-order valence-corrected chi connectivity index (χ4v) is 3.79. The van der Waals surface area contributed by atoms with E-state index in [1.165, 1.54) is 24.1 Å². The zero-order chi connectivity index (χ0) is 19.4. The summed E-state index contributed by atoms with van der Waals surface area (Å²) < 4.78 is 25.2. The summed E-state index contributed by atoms with van der Waals surface area (Å²) in [4.78, 5) is 14.4. The van der Waals surface area contributed by atoms with Crippen molar-refractivity contribution in [3.63, 3.8) is 0 Å². The zero-order valence-electron chi connectivity index (χ0n) is 14.5. The minimum Gasteiger partial charge on any atom is -0.493 e. The van der Waals surface area contributed by atoms with Crippen molar-refractivity contribution < 1.29 is 18.7 Å². The summed E-state index contributed by atoms with van der Waals surface area (Å²) in [6.45, 7) is 3.97. The lowest BCUT2D eigenvalue weighted by Crippen LogP contribution is -2.28. The molecule has 4 nitrogen and oxygen atoms in total. The third-order valence-electron chi connectivity index (χ3n) is 3.73. The van der Waals surface area contributed by atoms with Crippen LogP contribution in [0.2, 0.25) is 0 Å². The third-order valence-corrected chi connectivity index (χ3v) is 5.03. The maximum Gasteiger partial charge on any atom is 0.270 e. The predicted molar refractivity (Wildman–Crippen MR) is 111 cm³/mol. The molecule has 1 saturated heterocycles. The highest BCUT2D eigenvalue weighted by Crippen LogP contribution is 2.38. The van der Waals surface area contributed by atoms with Gasteiger partial charge in [-0.05, 0) is 35.9 Å². The van der Waals surface area contributed by atoms with Crippen molar-refractivity contribution in [2.24, 2.45) is 0 Å². The van der Waals surface area contributed by atoms with Crippen LogP contribution in [-0.4, -0.2) is 23.9 Å². The van der Waals surface area contributed by atoms with Gasteiger partial charge in [0.25, 0.3) is 5.91 Å². The Morgan fingerprint density at radius 2 is 2.04 bits per heavy atom. The van der Waals surface area contributed by atoms with E-state index in [-0.39, 0.29) is 15.9 Å². The summed E-state index contributed by atoms with van der Waals surface area (Å²) in [6, 6.07) is 11.4. The second-order valence-corrected chi connectivity index (χ2v) is 7.15. The van der Waals surface area contributed by atoms with Gasteiger partial charge in [-0.25, -0.2) is 4.39 Å². The molecule has 0 N–H and O–H groups in total. The number of carbonyl (C=O) groups is 1. The van der Waals surface area contributed by atoms with Gasteiger partial charge < -0.3 is 9.47 Å². The van der Waals surface area contributed by atoms with Crippen LogP contribution in [0.5, 0.6) is 11.5 Å². The van der Waals surface area contributed by atoms with Crippen molar-refractivity contribution in [2.75, 3.05) is 18.6 Å².